The fourth-order valence-electron chi connectivity index (χ4n) is 2.41. The molecule has 102 valence electrons. The Hall–Kier alpha value is -1.46. The molecule has 2 heterocycles. The van der Waals surface area contributed by atoms with Gasteiger partial charge in [-0.2, -0.15) is 0 Å². The number of carbonyl (C=O) groups is 2. The predicted octanol–water partition coefficient (Wildman–Crippen LogP) is 3.86. The number of Topliss-reactive ketones (excluding diaryl/α,β-unsaturated/α-hetero) is 1. The summed E-state index contributed by atoms with van der Waals surface area (Å²) in [4.78, 5) is 26.9. The zero-order valence-electron chi connectivity index (χ0n) is 11.1. The van der Waals surface area contributed by atoms with Gasteiger partial charge in [-0.25, -0.2) is 0 Å². The number of nitrogens with zero attached hydrogens (tertiary/aromatic N) is 1. The van der Waals surface area contributed by atoms with Gasteiger partial charge in [-0.05, 0) is 59.1 Å². The quantitative estimate of drug-likeness (QED) is 0.772. The van der Waals surface area contributed by atoms with Crippen molar-refractivity contribution >= 4 is 44.6 Å². The molecule has 0 saturated heterocycles. The number of carbonyl (C=O) groups excluding carboxylic acids is 2. The van der Waals surface area contributed by atoms with Gasteiger partial charge in [0.15, 0.2) is 0 Å². The molecule has 0 aliphatic carbocycles. The van der Waals surface area contributed by atoms with Gasteiger partial charge in [0, 0.05) is 4.88 Å². The lowest BCUT2D eigenvalue weighted by atomic mass is 10.0. The molecule has 0 N–H and O–H groups in total. The molecule has 1 aromatic heterocycles. The minimum Gasteiger partial charge on any atom is -0.299 e. The van der Waals surface area contributed by atoms with Crippen LogP contribution in [-0.2, 0) is 11.3 Å². The molecule has 0 fully saturated rings. The second-order valence-electron chi connectivity index (χ2n) is 4.83. The number of rotatable bonds is 2. The minimum absolute atomic E-state index is 0.404. The predicted molar refractivity (Wildman–Crippen MR) is 83.5 cm³/mol. The maximum atomic E-state index is 12.2. The third kappa shape index (κ3) is 2.01. The third-order valence-corrected chi connectivity index (χ3v) is 5.21. The number of thiophene rings is 1. The Morgan fingerprint density at radius 2 is 1.90 bits per heavy atom. The largest absolute Gasteiger partial charge is 0.299 e. The van der Waals surface area contributed by atoms with Crippen molar-refractivity contribution in [3.05, 3.63) is 49.6 Å². The van der Waals surface area contributed by atoms with E-state index >= 15 is 0 Å². The van der Waals surface area contributed by atoms with Gasteiger partial charge in [0.25, 0.3) is 11.7 Å². The van der Waals surface area contributed by atoms with Crippen LogP contribution in [0.25, 0.3) is 0 Å². The minimum atomic E-state index is -0.432. The molecular weight excluding hydrogens is 338 g/mol. The molecule has 0 spiro atoms. The Balaban J connectivity index is 2.07. The molecule has 2 aromatic rings. The molecular formula is C15H12BrNO2S. The van der Waals surface area contributed by atoms with Gasteiger partial charge in [0.05, 0.1) is 21.6 Å². The van der Waals surface area contributed by atoms with Crippen LogP contribution in [-0.4, -0.2) is 11.7 Å². The van der Waals surface area contributed by atoms with Crippen LogP contribution in [0.1, 0.15) is 26.4 Å². The monoisotopic (exact) mass is 349 g/mol. The van der Waals surface area contributed by atoms with Crippen molar-refractivity contribution in [1.82, 2.24) is 0 Å². The summed E-state index contributed by atoms with van der Waals surface area (Å²) in [6.07, 6.45) is 0. The highest BCUT2D eigenvalue weighted by atomic mass is 79.9. The van der Waals surface area contributed by atoms with Crippen LogP contribution in [0.3, 0.4) is 0 Å². The molecule has 1 amide bonds. The summed E-state index contributed by atoms with van der Waals surface area (Å²) in [6, 6.07) is 7.56. The van der Waals surface area contributed by atoms with Gasteiger partial charge in [-0.15, -0.1) is 11.3 Å². The smallest absolute Gasteiger partial charge is 0.299 e. The van der Waals surface area contributed by atoms with Crippen molar-refractivity contribution in [3.8, 4) is 0 Å². The number of hydrogen-bond donors (Lipinski definition) is 0. The van der Waals surface area contributed by atoms with E-state index < -0.39 is 11.7 Å². The van der Waals surface area contributed by atoms with Crippen molar-refractivity contribution in [2.75, 3.05) is 4.90 Å². The zero-order chi connectivity index (χ0) is 14.4. The molecule has 1 aliphatic rings. The summed E-state index contributed by atoms with van der Waals surface area (Å²) >= 11 is 4.99. The molecule has 20 heavy (non-hydrogen) atoms. The molecule has 0 atom stereocenters. The van der Waals surface area contributed by atoms with E-state index in [0.29, 0.717) is 12.1 Å². The first-order chi connectivity index (χ1) is 9.49. The van der Waals surface area contributed by atoms with Crippen molar-refractivity contribution in [2.24, 2.45) is 0 Å². The third-order valence-electron chi connectivity index (χ3n) is 3.60. The van der Waals surface area contributed by atoms with Crippen LogP contribution in [0, 0.1) is 13.8 Å². The van der Waals surface area contributed by atoms with Crippen LogP contribution < -0.4 is 4.90 Å². The number of aryl methyl sites for hydroxylation is 1. The maximum absolute atomic E-state index is 12.2. The molecule has 3 rings (SSSR count). The van der Waals surface area contributed by atoms with E-state index in [4.69, 9.17) is 0 Å². The van der Waals surface area contributed by atoms with Crippen molar-refractivity contribution in [3.63, 3.8) is 0 Å². The number of hydrogen-bond acceptors (Lipinski definition) is 3. The van der Waals surface area contributed by atoms with E-state index in [9.17, 15) is 9.59 Å². The van der Waals surface area contributed by atoms with Crippen LogP contribution in [0.15, 0.2) is 28.1 Å². The number of fused-ring (bicyclic) bond motifs is 1. The lowest BCUT2D eigenvalue weighted by Crippen LogP contribution is -2.29. The van der Waals surface area contributed by atoms with E-state index in [1.165, 1.54) is 0 Å². The van der Waals surface area contributed by atoms with Gasteiger partial charge < -0.3 is 0 Å². The Labute approximate surface area is 129 Å². The fourth-order valence-corrected chi connectivity index (χ4v) is 3.89. The first-order valence-corrected chi connectivity index (χ1v) is 7.80. The van der Waals surface area contributed by atoms with Gasteiger partial charge in [0.2, 0.25) is 0 Å². The topological polar surface area (TPSA) is 37.4 Å². The molecule has 1 aromatic carbocycles. The summed E-state index contributed by atoms with van der Waals surface area (Å²) in [7, 11) is 0. The second kappa shape index (κ2) is 4.82. The Bertz CT molecular complexity index is 735. The molecule has 3 nitrogen and oxygen atoms in total. The van der Waals surface area contributed by atoms with Crippen LogP contribution >= 0.6 is 27.3 Å². The Morgan fingerprint density at radius 1 is 1.15 bits per heavy atom. The lowest BCUT2D eigenvalue weighted by Gasteiger charge is -2.18. The fraction of sp³-hybridized carbons (Fsp3) is 0.200. The summed E-state index contributed by atoms with van der Waals surface area (Å²) in [5, 5.41) is 0. The van der Waals surface area contributed by atoms with Crippen molar-refractivity contribution in [2.45, 2.75) is 20.4 Å². The Kier molecular flexibility index (Phi) is 3.26. The number of ketones is 1. The first-order valence-electron chi connectivity index (χ1n) is 6.19. The normalized spacial score (nSPS) is 14.1. The zero-order valence-corrected chi connectivity index (χ0v) is 13.5. The number of amides is 1. The lowest BCUT2D eigenvalue weighted by molar-refractivity contribution is -0.114. The van der Waals surface area contributed by atoms with Crippen LogP contribution in [0.5, 0.6) is 0 Å². The van der Waals surface area contributed by atoms with Crippen molar-refractivity contribution in [1.29, 1.82) is 0 Å². The van der Waals surface area contributed by atoms with E-state index in [2.05, 4.69) is 15.9 Å². The molecule has 0 bridgehead atoms. The summed E-state index contributed by atoms with van der Waals surface area (Å²) in [5.41, 5.74) is 3.37. The van der Waals surface area contributed by atoms with Crippen LogP contribution in [0.2, 0.25) is 0 Å². The molecule has 5 heteroatoms. The van der Waals surface area contributed by atoms with E-state index in [-0.39, 0.29) is 0 Å². The standard InChI is InChI=1S/C15H12BrNO2S/c1-8-3-5-11-13(9(8)2)17(15(19)14(11)18)7-10-4-6-12(16)20-10/h3-6H,7H2,1-2H3. The van der Waals surface area contributed by atoms with Gasteiger partial charge in [0.1, 0.15) is 0 Å². The Morgan fingerprint density at radius 3 is 2.55 bits per heavy atom. The van der Waals surface area contributed by atoms with Gasteiger partial charge >= 0.3 is 0 Å². The summed E-state index contributed by atoms with van der Waals surface area (Å²) < 4.78 is 1.02. The number of benzene rings is 1. The SMILES string of the molecule is Cc1ccc2c(c1C)N(Cc1ccc(Br)s1)C(=O)C2=O. The number of halogens is 1. The first kappa shape index (κ1) is 13.5. The molecule has 0 unspecified atom stereocenters. The average Bonchev–Trinajstić information content (AvgIpc) is 2.92. The highest BCUT2D eigenvalue weighted by molar-refractivity contribution is 9.11. The van der Waals surface area contributed by atoms with E-state index in [1.807, 2.05) is 32.0 Å². The molecule has 0 radical (unpaired) electrons. The van der Waals surface area contributed by atoms with E-state index in [1.54, 1.807) is 22.3 Å². The maximum Gasteiger partial charge on any atom is 0.299 e. The van der Waals surface area contributed by atoms with E-state index in [0.717, 1.165) is 25.5 Å². The molecule has 1 aliphatic heterocycles. The highest BCUT2D eigenvalue weighted by Gasteiger charge is 2.37. The number of anilines is 1. The van der Waals surface area contributed by atoms with Gasteiger partial charge in [-0.3, -0.25) is 14.5 Å². The summed E-state index contributed by atoms with van der Waals surface area (Å²) in [5.74, 6) is -0.836. The molecule has 0 saturated carbocycles. The van der Waals surface area contributed by atoms with Crippen LogP contribution in [0.4, 0.5) is 5.69 Å². The highest BCUT2D eigenvalue weighted by Crippen LogP contribution is 2.36. The van der Waals surface area contributed by atoms with Crippen molar-refractivity contribution < 1.29 is 9.59 Å². The van der Waals surface area contributed by atoms with Gasteiger partial charge in [-0.1, -0.05) is 6.07 Å². The second-order valence-corrected chi connectivity index (χ2v) is 7.38. The summed E-state index contributed by atoms with van der Waals surface area (Å²) in [6.45, 7) is 4.39. The average molecular weight is 350 g/mol.